The third kappa shape index (κ3) is 6.07. The molecule has 1 atom stereocenters. The van der Waals surface area contributed by atoms with Gasteiger partial charge in [-0.3, -0.25) is 14.5 Å². The minimum Gasteiger partial charge on any atom is -0.350 e. The van der Waals surface area contributed by atoms with Crippen LogP contribution in [0.1, 0.15) is 27.5 Å². The Morgan fingerprint density at radius 3 is 2.40 bits per heavy atom. The maximum Gasteiger partial charge on any atom is 0.240 e. The predicted molar refractivity (Wildman–Crippen MR) is 170 cm³/mol. The van der Waals surface area contributed by atoms with Gasteiger partial charge in [-0.1, -0.05) is 90.0 Å². The monoisotopic (exact) mass is 610 g/mol. The van der Waals surface area contributed by atoms with Crippen LogP contribution in [-0.4, -0.2) is 33.9 Å². The second kappa shape index (κ2) is 12.5. The molecular weight excluding hydrogens is 583 g/mol. The second-order valence-electron chi connectivity index (χ2n) is 10.3. The summed E-state index contributed by atoms with van der Waals surface area (Å²) in [6, 6.07) is 31.3. The molecule has 6 nitrogen and oxygen atoms in total. The Morgan fingerprint density at radius 1 is 0.977 bits per heavy atom. The summed E-state index contributed by atoms with van der Waals surface area (Å²) < 4.78 is 15.1. The average molecular weight is 611 g/mol. The average Bonchev–Trinajstić information content (AvgIpc) is 3.35. The lowest BCUT2D eigenvalue weighted by atomic mass is 9.99. The summed E-state index contributed by atoms with van der Waals surface area (Å²) in [5, 5.41) is 8.25. The number of benzene rings is 4. The molecule has 2 amide bonds. The van der Waals surface area contributed by atoms with E-state index in [0.29, 0.717) is 16.5 Å². The largest absolute Gasteiger partial charge is 0.350 e. The van der Waals surface area contributed by atoms with Gasteiger partial charge >= 0.3 is 0 Å². The Labute approximate surface area is 258 Å². The molecule has 0 radical (unpaired) electrons. The summed E-state index contributed by atoms with van der Waals surface area (Å²) in [7, 11) is 0. The van der Waals surface area contributed by atoms with Crippen molar-refractivity contribution >= 4 is 41.0 Å². The highest BCUT2D eigenvalue weighted by atomic mass is 35.5. The summed E-state index contributed by atoms with van der Waals surface area (Å²) in [6.07, 6.45) is 0. The first-order valence-corrected chi connectivity index (χ1v) is 15.2. The van der Waals surface area contributed by atoms with Crippen molar-refractivity contribution in [2.45, 2.75) is 18.7 Å². The lowest BCUT2D eigenvalue weighted by molar-refractivity contribution is -0.123. The number of aromatic nitrogens is 2. The van der Waals surface area contributed by atoms with Gasteiger partial charge in [0.1, 0.15) is 18.2 Å². The summed E-state index contributed by atoms with van der Waals surface area (Å²) in [6.45, 7) is 2.00. The minimum atomic E-state index is -0.345. The molecule has 0 aliphatic carbocycles. The zero-order valence-electron chi connectivity index (χ0n) is 23.3. The van der Waals surface area contributed by atoms with E-state index in [0.717, 1.165) is 33.5 Å². The molecular formula is C34H28ClFN4O2S. The quantitative estimate of drug-likeness (QED) is 0.213. The molecule has 1 aliphatic heterocycles. The molecule has 216 valence electrons. The van der Waals surface area contributed by atoms with Crippen LogP contribution in [0.15, 0.2) is 103 Å². The van der Waals surface area contributed by atoms with E-state index in [1.54, 1.807) is 16.8 Å². The lowest BCUT2D eigenvalue weighted by Gasteiger charge is -2.23. The van der Waals surface area contributed by atoms with Crippen LogP contribution in [0.2, 0.25) is 5.02 Å². The number of fused-ring (bicyclic) bond motifs is 1. The normalized spacial score (nSPS) is 14.7. The number of hydrogen-bond acceptors (Lipinski definition) is 4. The van der Waals surface area contributed by atoms with E-state index in [2.05, 4.69) is 5.32 Å². The van der Waals surface area contributed by atoms with Gasteiger partial charge in [-0.25, -0.2) is 9.07 Å². The van der Waals surface area contributed by atoms with Gasteiger partial charge in [0.25, 0.3) is 0 Å². The van der Waals surface area contributed by atoms with E-state index in [9.17, 15) is 14.0 Å². The standard InChI is InChI=1S/C34H28ClFN4O2S/c1-22-11-17-26(18-12-22)40-34-31(32(38-40)24-7-3-2-4-8-24)33(27-9-5-6-10-28(27)35)43-21-30(42)39(34)20-29(41)37-19-23-13-15-25(36)16-14-23/h2-18,33H,19-21H2,1H3,(H,37,41)/t33-/m1/s1. The molecule has 0 spiro atoms. The van der Waals surface area contributed by atoms with Crippen LogP contribution < -0.4 is 10.2 Å². The fourth-order valence-corrected chi connectivity index (χ4v) is 6.67. The second-order valence-corrected chi connectivity index (χ2v) is 11.8. The van der Waals surface area contributed by atoms with Crippen LogP contribution in [0.5, 0.6) is 0 Å². The van der Waals surface area contributed by atoms with Crippen molar-refractivity contribution < 1.29 is 14.0 Å². The van der Waals surface area contributed by atoms with E-state index in [1.165, 1.54) is 28.8 Å². The highest BCUT2D eigenvalue weighted by Crippen LogP contribution is 2.49. The molecule has 2 heterocycles. The highest BCUT2D eigenvalue weighted by molar-refractivity contribution is 8.00. The molecule has 43 heavy (non-hydrogen) atoms. The first kappa shape index (κ1) is 28.7. The minimum absolute atomic E-state index is 0.137. The molecule has 0 saturated heterocycles. The number of carbonyl (C=O) groups is 2. The van der Waals surface area contributed by atoms with Gasteiger partial charge in [0.05, 0.1) is 22.4 Å². The topological polar surface area (TPSA) is 67.2 Å². The number of amides is 2. The van der Waals surface area contributed by atoms with Gasteiger partial charge in [0.2, 0.25) is 11.8 Å². The van der Waals surface area contributed by atoms with Gasteiger partial charge in [-0.15, -0.1) is 11.8 Å². The summed E-state index contributed by atoms with van der Waals surface area (Å²) in [4.78, 5) is 28.8. The molecule has 0 bridgehead atoms. The van der Waals surface area contributed by atoms with Gasteiger partial charge in [-0.05, 0) is 48.4 Å². The zero-order valence-corrected chi connectivity index (χ0v) is 24.9. The maximum absolute atomic E-state index is 13.9. The number of hydrogen-bond donors (Lipinski definition) is 1. The van der Waals surface area contributed by atoms with E-state index in [4.69, 9.17) is 16.7 Å². The van der Waals surface area contributed by atoms with Crippen molar-refractivity contribution in [3.63, 3.8) is 0 Å². The lowest BCUT2D eigenvalue weighted by Crippen LogP contribution is -2.42. The third-order valence-corrected chi connectivity index (χ3v) is 8.89. The Balaban J connectivity index is 1.50. The fraction of sp³-hybridized carbons (Fsp3) is 0.147. The van der Waals surface area contributed by atoms with Crippen LogP contribution in [0.3, 0.4) is 0 Å². The number of aryl methyl sites for hydroxylation is 1. The maximum atomic E-state index is 13.9. The molecule has 1 N–H and O–H groups in total. The van der Waals surface area contributed by atoms with E-state index in [-0.39, 0.29) is 41.7 Å². The summed E-state index contributed by atoms with van der Waals surface area (Å²) >= 11 is 8.22. The number of nitrogens with zero attached hydrogens (tertiary/aromatic N) is 3. The van der Waals surface area contributed by atoms with Crippen molar-refractivity contribution in [1.82, 2.24) is 15.1 Å². The molecule has 9 heteroatoms. The van der Waals surface area contributed by atoms with E-state index < -0.39 is 0 Å². The molecule has 0 unspecified atom stereocenters. The van der Waals surface area contributed by atoms with Gasteiger partial charge in [0, 0.05) is 22.7 Å². The van der Waals surface area contributed by atoms with Gasteiger partial charge in [0.15, 0.2) is 0 Å². The van der Waals surface area contributed by atoms with Gasteiger partial charge in [-0.2, -0.15) is 5.10 Å². The number of halogens is 2. The fourth-order valence-electron chi connectivity index (χ4n) is 5.13. The molecule has 4 aromatic carbocycles. The van der Waals surface area contributed by atoms with Crippen LogP contribution in [0.25, 0.3) is 16.9 Å². The smallest absolute Gasteiger partial charge is 0.240 e. The van der Waals surface area contributed by atoms with Crippen LogP contribution >= 0.6 is 23.4 Å². The molecule has 1 aliphatic rings. The van der Waals surface area contributed by atoms with Gasteiger partial charge < -0.3 is 5.32 Å². The first-order chi connectivity index (χ1) is 20.9. The van der Waals surface area contributed by atoms with Crippen LogP contribution in [0.4, 0.5) is 10.2 Å². The highest BCUT2D eigenvalue weighted by Gasteiger charge is 2.38. The third-order valence-electron chi connectivity index (χ3n) is 7.31. The van der Waals surface area contributed by atoms with E-state index >= 15 is 0 Å². The van der Waals surface area contributed by atoms with Crippen LogP contribution in [-0.2, 0) is 16.1 Å². The Bertz CT molecular complexity index is 1780. The summed E-state index contributed by atoms with van der Waals surface area (Å²) in [5.74, 6) is -0.243. The Kier molecular flexibility index (Phi) is 8.31. The summed E-state index contributed by atoms with van der Waals surface area (Å²) in [5.41, 5.74) is 5.87. The number of thioether (sulfide) groups is 1. The Morgan fingerprint density at radius 2 is 1.67 bits per heavy atom. The molecule has 0 fully saturated rings. The molecule has 6 rings (SSSR count). The number of nitrogens with one attached hydrogen (secondary N) is 1. The Hall–Kier alpha value is -4.40. The zero-order chi connectivity index (χ0) is 29.9. The van der Waals surface area contributed by atoms with Crippen LogP contribution in [0, 0.1) is 12.7 Å². The molecule has 0 saturated carbocycles. The van der Waals surface area contributed by atoms with E-state index in [1.807, 2.05) is 85.8 Å². The van der Waals surface area contributed by atoms with Crippen molar-refractivity contribution in [2.75, 3.05) is 17.2 Å². The SMILES string of the molecule is Cc1ccc(-n2nc(-c3ccccc3)c3c2N(CC(=O)NCc2ccc(F)cc2)C(=O)CS[C@@H]3c2ccccc2Cl)cc1. The number of rotatable bonds is 7. The van der Waals surface area contributed by atoms with Crippen molar-refractivity contribution in [3.8, 4) is 16.9 Å². The molecule has 5 aromatic rings. The van der Waals surface area contributed by atoms with Crippen molar-refractivity contribution in [3.05, 3.63) is 136 Å². The first-order valence-electron chi connectivity index (χ1n) is 13.8. The number of anilines is 1. The van der Waals surface area contributed by atoms with Crippen molar-refractivity contribution in [2.24, 2.45) is 0 Å². The molecule has 1 aromatic heterocycles. The predicted octanol–water partition coefficient (Wildman–Crippen LogP) is 7.13. The number of carbonyl (C=O) groups excluding carboxylic acids is 2. The van der Waals surface area contributed by atoms with Crippen molar-refractivity contribution in [1.29, 1.82) is 0 Å².